The molecule has 0 aliphatic carbocycles. The van der Waals surface area contributed by atoms with Crippen molar-refractivity contribution in [2.24, 2.45) is 0 Å². The van der Waals surface area contributed by atoms with Gasteiger partial charge in [0.15, 0.2) is 0 Å². The van der Waals surface area contributed by atoms with Crippen LogP contribution in [-0.2, 0) is 9.59 Å². The van der Waals surface area contributed by atoms with Gasteiger partial charge < -0.3 is 15.3 Å². The largest absolute Gasteiger partial charge is 0.480 e. The number of aliphatic carboxylic acids is 1. The third-order valence-corrected chi connectivity index (χ3v) is 2.86. The third kappa shape index (κ3) is 4.79. The molecule has 0 aliphatic rings. The van der Waals surface area contributed by atoms with E-state index in [9.17, 15) is 14.4 Å². The molecule has 0 fully saturated rings. The summed E-state index contributed by atoms with van der Waals surface area (Å²) in [5.74, 6) is -1.46. The number of amides is 3. The van der Waals surface area contributed by atoms with Gasteiger partial charge in [-0.2, -0.15) is 0 Å². The summed E-state index contributed by atoms with van der Waals surface area (Å²) < 4.78 is 0. The number of likely N-dealkylation sites (N-methyl/N-ethyl adjacent to an activating group) is 2. The summed E-state index contributed by atoms with van der Waals surface area (Å²) in [5, 5.41) is 11.4. The predicted molar refractivity (Wildman–Crippen MR) is 78.3 cm³/mol. The van der Waals surface area contributed by atoms with Crippen LogP contribution in [-0.4, -0.2) is 55.1 Å². The Bertz CT molecular complexity index is 528. The Kier molecular flexibility index (Phi) is 5.71. The Balaban J connectivity index is 2.96. The van der Waals surface area contributed by atoms with Gasteiger partial charge in [-0.15, -0.1) is 0 Å². The van der Waals surface area contributed by atoms with E-state index in [0.29, 0.717) is 5.69 Å². The molecule has 0 saturated carbocycles. The molecule has 0 radical (unpaired) electrons. The average Bonchev–Trinajstić information content (AvgIpc) is 2.44. The summed E-state index contributed by atoms with van der Waals surface area (Å²) in [6.07, 6.45) is 0. The first kappa shape index (κ1) is 16.5. The summed E-state index contributed by atoms with van der Waals surface area (Å²) in [6.45, 7) is 1.28. The predicted octanol–water partition coefficient (Wildman–Crippen LogP) is 0.684. The number of rotatable bonds is 5. The number of hydrogen-bond acceptors (Lipinski definition) is 3. The molecule has 114 valence electrons. The number of urea groups is 1. The first-order valence-electron chi connectivity index (χ1n) is 6.36. The number of benzene rings is 1. The molecule has 1 aromatic rings. The van der Waals surface area contributed by atoms with Crippen LogP contribution in [0.1, 0.15) is 5.56 Å². The van der Waals surface area contributed by atoms with E-state index in [1.807, 2.05) is 6.92 Å². The van der Waals surface area contributed by atoms with E-state index in [1.165, 1.54) is 19.0 Å². The maximum Gasteiger partial charge on any atom is 0.325 e. The van der Waals surface area contributed by atoms with Crippen molar-refractivity contribution in [3.8, 4) is 0 Å². The van der Waals surface area contributed by atoms with Crippen molar-refractivity contribution in [3.63, 3.8) is 0 Å². The standard InChI is InChI=1S/C14H19N3O4/c1-10-4-6-11(7-5-10)17(9-13(19)20)14(21)16(3)8-12(18)15-2/h4-7H,8-9H2,1-3H3,(H,15,18)(H,19,20). The minimum Gasteiger partial charge on any atom is -0.480 e. The maximum absolute atomic E-state index is 12.3. The number of aryl methyl sites for hydroxylation is 1. The van der Waals surface area contributed by atoms with Gasteiger partial charge in [-0.1, -0.05) is 17.7 Å². The molecule has 3 amide bonds. The van der Waals surface area contributed by atoms with Crippen LogP contribution in [0.5, 0.6) is 0 Å². The van der Waals surface area contributed by atoms with Gasteiger partial charge >= 0.3 is 12.0 Å². The van der Waals surface area contributed by atoms with Gasteiger partial charge in [0, 0.05) is 19.8 Å². The Morgan fingerprint density at radius 1 is 1.14 bits per heavy atom. The number of carbonyl (C=O) groups excluding carboxylic acids is 2. The summed E-state index contributed by atoms with van der Waals surface area (Å²) in [6, 6.07) is 6.37. The minimum absolute atomic E-state index is 0.142. The fourth-order valence-electron chi connectivity index (χ4n) is 1.70. The molecule has 21 heavy (non-hydrogen) atoms. The van der Waals surface area contributed by atoms with E-state index in [2.05, 4.69) is 5.32 Å². The second-order valence-electron chi connectivity index (χ2n) is 4.63. The molecule has 0 atom stereocenters. The number of carboxylic acids is 1. The van der Waals surface area contributed by atoms with Gasteiger partial charge in [-0.05, 0) is 19.1 Å². The highest BCUT2D eigenvalue weighted by Gasteiger charge is 2.23. The smallest absolute Gasteiger partial charge is 0.325 e. The zero-order valence-corrected chi connectivity index (χ0v) is 12.3. The lowest BCUT2D eigenvalue weighted by molar-refractivity contribution is -0.135. The van der Waals surface area contributed by atoms with Gasteiger partial charge in [0.25, 0.3) is 0 Å². The Morgan fingerprint density at radius 2 is 1.71 bits per heavy atom. The quantitative estimate of drug-likeness (QED) is 0.835. The van der Waals surface area contributed by atoms with Crippen molar-refractivity contribution < 1.29 is 19.5 Å². The number of nitrogens with one attached hydrogen (secondary N) is 1. The highest BCUT2D eigenvalue weighted by Crippen LogP contribution is 2.16. The second kappa shape index (κ2) is 7.28. The zero-order chi connectivity index (χ0) is 16.0. The maximum atomic E-state index is 12.3. The molecular formula is C14H19N3O4. The van der Waals surface area contributed by atoms with Crippen molar-refractivity contribution in [1.82, 2.24) is 10.2 Å². The Labute approximate surface area is 123 Å². The lowest BCUT2D eigenvalue weighted by Crippen LogP contribution is -2.47. The van der Waals surface area contributed by atoms with E-state index in [1.54, 1.807) is 24.3 Å². The molecule has 7 nitrogen and oxygen atoms in total. The molecule has 0 heterocycles. The highest BCUT2D eigenvalue weighted by molar-refractivity contribution is 5.97. The van der Waals surface area contributed by atoms with Crippen LogP contribution in [0, 0.1) is 6.92 Å². The normalized spacial score (nSPS) is 9.86. The second-order valence-corrected chi connectivity index (χ2v) is 4.63. The number of carboxylic acid groups (broad SMARTS) is 1. The molecule has 2 N–H and O–H groups in total. The van der Waals surface area contributed by atoms with Crippen LogP contribution in [0.15, 0.2) is 24.3 Å². The Hall–Kier alpha value is -2.57. The lowest BCUT2D eigenvalue weighted by atomic mass is 10.2. The van der Waals surface area contributed by atoms with E-state index in [-0.39, 0.29) is 12.5 Å². The zero-order valence-electron chi connectivity index (χ0n) is 12.3. The molecule has 0 spiro atoms. The van der Waals surface area contributed by atoms with Crippen LogP contribution in [0.3, 0.4) is 0 Å². The van der Waals surface area contributed by atoms with Crippen molar-refractivity contribution >= 4 is 23.6 Å². The van der Waals surface area contributed by atoms with E-state index < -0.39 is 18.5 Å². The molecular weight excluding hydrogens is 274 g/mol. The van der Waals surface area contributed by atoms with Crippen LogP contribution in [0.2, 0.25) is 0 Å². The molecule has 0 bridgehead atoms. The average molecular weight is 293 g/mol. The summed E-state index contributed by atoms with van der Waals surface area (Å²) in [4.78, 5) is 36.9. The van der Waals surface area contributed by atoms with Gasteiger partial charge in [0.05, 0.1) is 0 Å². The number of hydrogen-bond donors (Lipinski definition) is 2. The summed E-state index contributed by atoms with van der Waals surface area (Å²) >= 11 is 0. The molecule has 7 heteroatoms. The summed E-state index contributed by atoms with van der Waals surface area (Å²) in [7, 11) is 2.91. The van der Waals surface area contributed by atoms with Crippen LogP contribution >= 0.6 is 0 Å². The summed E-state index contributed by atoms with van der Waals surface area (Å²) in [5.41, 5.74) is 1.47. The lowest BCUT2D eigenvalue weighted by Gasteiger charge is -2.26. The van der Waals surface area contributed by atoms with Gasteiger partial charge in [-0.3, -0.25) is 14.5 Å². The van der Waals surface area contributed by atoms with Gasteiger partial charge in [0.2, 0.25) is 5.91 Å². The van der Waals surface area contributed by atoms with E-state index in [4.69, 9.17) is 5.11 Å². The SMILES string of the molecule is CNC(=O)CN(C)C(=O)N(CC(=O)O)c1ccc(C)cc1. The number of carbonyl (C=O) groups is 3. The van der Waals surface area contributed by atoms with E-state index >= 15 is 0 Å². The topological polar surface area (TPSA) is 90.0 Å². The first-order valence-corrected chi connectivity index (χ1v) is 6.36. The third-order valence-electron chi connectivity index (χ3n) is 2.86. The van der Waals surface area contributed by atoms with Gasteiger partial charge in [-0.25, -0.2) is 4.79 Å². The molecule has 0 unspecified atom stereocenters. The first-order chi connectivity index (χ1) is 9.85. The van der Waals surface area contributed by atoms with Crippen molar-refractivity contribution in [3.05, 3.63) is 29.8 Å². The fraction of sp³-hybridized carbons (Fsp3) is 0.357. The number of nitrogens with zero attached hydrogens (tertiary/aromatic N) is 2. The molecule has 1 aromatic carbocycles. The highest BCUT2D eigenvalue weighted by atomic mass is 16.4. The van der Waals surface area contributed by atoms with Crippen molar-refractivity contribution in [2.45, 2.75) is 6.92 Å². The molecule has 0 aliphatic heterocycles. The molecule has 1 rings (SSSR count). The fourth-order valence-corrected chi connectivity index (χ4v) is 1.70. The van der Waals surface area contributed by atoms with Crippen LogP contribution in [0.4, 0.5) is 10.5 Å². The van der Waals surface area contributed by atoms with Crippen LogP contribution < -0.4 is 10.2 Å². The molecule has 0 aromatic heterocycles. The minimum atomic E-state index is -1.13. The Morgan fingerprint density at radius 3 is 2.19 bits per heavy atom. The van der Waals surface area contributed by atoms with Crippen molar-refractivity contribution in [2.75, 3.05) is 32.1 Å². The van der Waals surface area contributed by atoms with Crippen molar-refractivity contribution in [1.29, 1.82) is 0 Å². The molecule has 0 saturated heterocycles. The van der Waals surface area contributed by atoms with E-state index in [0.717, 1.165) is 10.5 Å². The monoisotopic (exact) mass is 293 g/mol. The van der Waals surface area contributed by atoms with Gasteiger partial charge in [0.1, 0.15) is 13.1 Å². The number of anilines is 1. The van der Waals surface area contributed by atoms with Crippen LogP contribution in [0.25, 0.3) is 0 Å².